The molecule has 0 aliphatic carbocycles. The topological polar surface area (TPSA) is 66.8 Å². The van der Waals surface area contributed by atoms with Crippen molar-refractivity contribution in [2.45, 2.75) is 13.2 Å². The Labute approximate surface area is 124 Å². The summed E-state index contributed by atoms with van der Waals surface area (Å²) in [6, 6.07) is 12.0. The minimum absolute atomic E-state index is 0.0335. The molecule has 0 saturated carbocycles. The molecule has 0 fully saturated rings. The second kappa shape index (κ2) is 6.54. The maximum atomic E-state index is 10.8. The number of carboxylic acids is 1. The van der Waals surface area contributed by atoms with Crippen molar-refractivity contribution in [2.24, 2.45) is 0 Å². The van der Waals surface area contributed by atoms with Gasteiger partial charge in [-0.3, -0.25) is 0 Å². The summed E-state index contributed by atoms with van der Waals surface area (Å²) >= 11 is 3.33. The van der Waals surface area contributed by atoms with E-state index in [-0.39, 0.29) is 12.2 Å². The van der Waals surface area contributed by atoms with Gasteiger partial charge in [0.1, 0.15) is 12.4 Å². The highest BCUT2D eigenvalue weighted by Crippen LogP contribution is 2.21. The lowest BCUT2D eigenvalue weighted by molar-refractivity contribution is 0.0696. The third-order valence-corrected chi connectivity index (χ3v) is 3.51. The fourth-order valence-electron chi connectivity index (χ4n) is 1.69. The first-order valence-corrected chi connectivity index (χ1v) is 6.74. The highest BCUT2D eigenvalue weighted by atomic mass is 79.9. The minimum Gasteiger partial charge on any atom is -0.489 e. The van der Waals surface area contributed by atoms with E-state index in [4.69, 9.17) is 14.9 Å². The van der Waals surface area contributed by atoms with Crippen molar-refractivity contribution in [2.75, 3.05) is 0 Å². The number of aliphatic hydroxyl groups is 1. The molecule has 0 amide bonds. The predicted molar refractivity (Wildman–Crippen MR) is 77.8 cm³/mol. The van der Waals surface area contributed by atoms with Crippen LogP contribution in [0.5, 0.6) is 5.75 Å². The van der Waals surface area contributed by atoms with Gasteiger partial charge in [0.2, 0.25) is 0 Å². The van der Waals surface area contributed by atoms with Crippen molar-refractivity contribution in [3.8, 4) is 5.75 Å². The van der Waals surface area contributed by atoms with E-state index in [0.29, 0.717) is 16.8 Å². The first-order valence-electron chi connectivity index (χ1n) is 5.94. The molecule has 0 heterocycles. The molecular weight excluding hydrogens is 324 g/mol. The van der Waals surface area contributed by atoms with Crippen molar-refractivity contribution in [1.29, 1.82) is 0 Å². The molecule has 0 aromatic heterocycles. The summed E-state index contributed by atoms with van der Waals surface area (Å²) in [6.07, 6.45) is 0. The van der Waals surface area contributed by atoms with E-state index in [1.807, 2.05) is 12.1 Å². The van der Waals surface area contributed by atoms with Crippen LogP contribution in [0.2, 0.25) is 0 Å². The van der Waals surface area contributed by atoms with Gasteiger partial charge in [-0.1, -0.05) is 34.1 Å². The third kappa shape index (κ3) is 3.59. The summed E-state index contributed by atoms with van der Waals surface area (Å²) in [5.74, 6) is -0.306. The summed E-state index contributed by atoms with van der Waals surface area (Å²) in [6.45, 7) is 0.281. The summed E-state index contributed by atoms with van der Waals surface area (Å²) in [7, 11) is 0. The lowest BCUT2D eigenvalue weighted by Gasteiger charge is -2.09. The van der Waals surface area contributed by atoms with E-state index < -0.39 is 5.97 Å². The van der Waals surface area contributed by atoms with Crippen LogP contribution in [0.15, 0.2) is 46.9 Å². The molecule has 0 aliphatic heterocycles. The van der Waals surface area contributed by atoms with Gasteiger partial charge in [0.25, 0.3) is 0 Å². The Hall–Kier alpha value is -1.85. The lowest BCUT2D eigenvalue weighted by Crippen LogP contribution is -2.00. The lowest BCUT2D eigenvalue weighted by atomic mass is 10.1. The molecule has 2 N–H and O–H groups in total. The molecule has 0 unspecified atom stereocenters. The summed E-state index contributed by atoms with van der Waals surface area (Å²) in [4.78, 5) is 10.8. The second-order valence-corrected chi connectivity index (χ2v) is 5.06. The second-order valence-electron chi connectivity index (χ2n) is 4.21. The molecule has 2 rings (SSSR count). The van der Waals surface area contributed by atoms with Crippen molar-refractivity contribution >= 4 is 21.9 Å². The molecule has 0 spiro atoms. The Balaban J connectivity index is 2.08. The Bertz CT molecular complexity index is 625. The van der Waals surface area contributed by atoms with Gasteiger partial charge < -0.3 is 14.9 Å². The standard InChI is InChI=1S/C15H13BrO4/c16-14-7-11(15(18)19)4-5-12(14)9-20-13-3-1-2-10(6-13)8-17/h1-7,17H,8-9H2,(H,18,19). The van der Waals surface area contributed by atoms with E-state index in [9.17, 15) is 4.79 Å². The molecule has 0 aliphatic rings. The zero-order valence-corrected chi connectivity index (χ0v) is 12.1. The van der Waals surface area contributed by atoms with E-state index in [0.717, 1.165) is 11.1 Å². The monoisotopic (exact) mass is 336 g/mol. The first-order chi connectivity index (χ1) is 9.60. The highest BCUT2D eigenvalue weighted by Gasteiger charge is 2.07. The third-order valence-electron chi connectivity index (χ3n) is 2.78. The van der Waals surface area contributed by atoms with Crippen LogP contribution < -0.4 is 4.74 Å². The minimum atomic E-state index is -0.964. The predicted octanol–water partition coefficient (Wildman–Crippen LogP) is 3.22. The van der Waals surface area contributed by atoms with Gasteiger partial charge in [-0.25, -0.2) is 4.79 Å². The van der Waals surface area contributed by atoms with Crippen molar-refractivity contribution in [3.05, 3.63) is 63.6 Å². The Morgan fingerprint density at radius 3 is 2.65 bits per heavy atom. The average Bonchev–Trinajstić information content (AvgIpc) is 2.46. The number of aliphatic hydroxyl groups excluding tert-OH is 1. The smallest absolute Gasteiger partial charge is 0.335 e. The number of rotatable bonds is 5. The largest absolute Gasteiger partial charge is 0.489 e. The van der Waals surface area contributed by atoms with Crippen molar-refractivity contribution in [3.63, 3.8) is 0 Å². The molecule has 0 bridgehead atoms. The molecule has 5 heteroatoms. The van der Waals surface area contributed by atoms with Crippen LogP contribution >= 0.6 is 15.9 Å². The van der Waals surface area contributed by atoms with Crippen LogP contribution in [-0.4, -0.2) is 16.2 Å². The first kappa shape index (κ1) is 14.6. The van der Waals surface area contributed by atoms with Crippen LogP contribution in [0.4, 0.5) is 0 Å². The SMILES string of the molecule is O=C(O)c1ccc(COc2cccc(CO)c2)c(Br)c1. The Kier molecular flexibility index (Phi) is 4.76. The summed E-state index contributed by atoms with van der Waals surface area (Å²) in [5.41, 5.74) is 1.86. The van der Waals surface area contributed by atoms with Crippen molar-refractivity contribution in [1.82, 2.24) is 0 Å². The molecule has 0 radical (unpaired) electrons. The molecule has 20 heavy (non-hydrogen) atoms. The Morgan fingerprint density at radius 2 is 2.00 bits per heavy atom. The molecule has 4 nitrogen and oxygen atoms in total. The number of hydrogen-bond donors (Lipinski definition) is 2. The quantitative estimate of drug-likeness (QED) is 0.879. The van der Waals surface area contributed by atoms with Gasteiger partial charge in [0.05, 0.1) is 12.2 Å². The number of ether oxygens (including phenoxy) is 1. The molecule has 0 atom stereocenters. The van der Waals surface area contributed by atoms with Gasteiger partial charge in [-0.15, -0.1) is 0 Å². The van der Waals surface area contributed by atoms with Gasteiger partial charge in [-0.2, -0.15) is 0 Å². The van der Waals surface area contributed by atoms with E-state index in [2.05, 4.69) is 15.9 Å². The number of aromatic carboxylic acids is 1. The summed E-state index contributed by atoms with van der Waals surface area (Å²) < 4.78 is 6.32. The van der Waals surface area contributed by atoms with E-state index >= 15 is 0 Å². The van der Waals surface area contributed by atoms with Gasteiger partial charge in [0, 0.05) is 10.0 Å². The molecule has 0 saturated heterocycles. The van der Waals surface area contributed by atoms with E-state index in [1.54, 1.807) is 24.3 Å². The molecule has 2 aromatic rings. The summed E-state index contributed by atoms with van der Waals surface area (Å²) in [5, 5.41) is 17.9. The number of hydrogen-bond acceptors (Lipinski definition) is 3. The van der Waals surface area contributed by atoms with Crippen LogP contribution in [0, 0.1) is 0 Å². The normalized spacial score (nSPS) is 10.3. The number of halogens is 1. The number of carbonyl (C=O) groups is 1. The van der Waals surface area contributed by atoms with Crippen LogP contribution in [0.3, 0.4) is 0 Å². The van der Waals surface area contributed by atoms with Gasteiger partial charge in [-0.05, 0) is 29.8 Å². The maximum absolute atomic E-state index is 10.8. The fraction of sp³-hybridized carbons (Fsp3) is 0.133. The average molecular weight is 337 g/mol. The highest BCUT2D eigenvalue weighted by molar-refractivity contribution is 9.10. The maximum Gasteiger partial charge on any atom is 0.335 e. The number of carboxylic acid groups (broad SMARTS) is 1. The molecular formula is C15H13BrO4. The van der Waals surface area contributed by atoms with Gasteiger partial charge in [0.15, 0.2) is 0 Å². The van der Waals surface area contributed by atoms with Crippen molar-refractivity contribution < 1.29 is 19.7 Å². The number of benzene rings is 2. The zero-order valence-electron chi connectivity index (χ0n) is 10.5. The van der Waals surface area contributed by atoms with Crippen LogP contribution in [0.1, 0.15) is 21.5 Å². The van der Waals surface area contributed by atoms with Crippen LogP contribution in [0.25, 0.3) is 0 Å². The fourth-order valence-corrected chi connectivity index (χ4v) is 2.19. The van der Waals surface area contributed by atoms with Gasteiger partial charge >= 0.3 is 5.97 Å². The zero-order chi connectivity index (χ0) is 14.5. The molecule has 2 aromatic carbocycles. The Morgan fingerprint density at radius 1 is 1.20 bits per heavy atom. The van der Waals surface area contributed by atoms with E-state index in [1.165, 1.54) is 6.07 Å². The molecule has 104 valence electrons. The van der Waals surface area contributed by atoms with Crippen LogP contribution in [-0.2, 0) is 13.2 Å².